The highest BCUT2D eigenvalue weighted by atomic mass is 16.5. The normalized spacial score (nSPS) is 13.4. The monoisotopic (exact) mass is 277 g/mol. The molecule has 3 nitrogen and oxygen atoms in total. The zero-order valence-electron chi connectivity index (χ0n) is 11.6. The average Bonchev–Trinajstić information content (AvgIpc) is 2.53. The Morgan fingerprint density at radius 3 is 2.62 bits per heavy atom. The predicted octanol–water partition coefficient (Wildman–Crippen LogP) is 3.20. The number of carbonyl (C=O) groups excluding carboxylic acids is 1. The van der Waals surface area contributed by atoms with Gasteiger partial charge in [-0.05, 0) is 47.4 Å². The molecule has 0 aromatic heterocycles. The van der Waals surface area contributed by atoms with Crippen molar-refractivity contribution in [2.75, 3.05) is 0 Å². The number of hydrogen-bond acceptors (Lipinski definition) is 3. The van der Waals surface area contributed by atoms with E-state index in [1.807, 2.05) is 30.3 Å². The fourth-order valence-electron chi connectivity index (χ4n) is 2.51. The number of nitriles is 1. The van der Waals surface area contributed by atoms with E-state index in [1.165, 1.54) is 5.56 Å². The van der Waals surface area contributed by atoms with E-state index in [9.17, 15) is 4.79 Å². The Bertz CT molecular complexity index is 711. The minimum absolute atomic E-state index is 0.314. The smallest absolute Gasteiger partial charge is 0.137 e. The van der Waals surface area contributed by atoms with Crippen LogP contribution in [0.1, 0.15) is 28.7 Å². The van der Waals surface area contributed by atoms with Gasteiger partial charge in [0, 0.05) is 12.8 Å². The Morgan fingerprint density at radius 2 is 1.86 bits per heavy atom. The van der Waals surface area contributed by atoms with Crippen molar-refractivity contribution < 1.29 is 9.53 Å². The summed E-state index contributed by atoms with van der Waals surface area (Å²) in [5, 5.41) is 8.76. The minimum atomic E-state index is 0.314. The Kier molecular flexibility index (Phi) is 3.70. The summed E-state index contributed by atoms with van der Waals surface area (Å²) in [6.45, 7) is 0.476. The summed E-state index contributed by atoms with van der Waals surface area (Å²) >= 11 is 0. The van der Waals surface area contributed by atoms with E-state index in [-0.39, 0.29) is 0 Å². The van der Waals surface area contributed by atoms with Gasteiger partial charge in [0.1, 0.15) is 18.1 Å². The van der Waals surface area contributed by atoms with Crippen molar-refractivity contribution in [2.24, 2.45) is 0 Å². The van der Waals surface area contributed by atoms with Gasteiger partial charge in [0.25, 0.3) is 0 Å². The lowest BCUT2D eigenvalue weighted by atomic mass is 9.91. The van der Waals surface area contributed by atoms with Crippen molar-refractivity contribution in [3.63, 3.8) is 0 Å². The number of rotatable bonds is 3. The molecule has 3 rings (SSSR count). The van der Waals surface area contributed by atoms with Crippen LogP contribution in [-0.4, -0.2) is 5.78 Å². The van der Waals surface area contributed by atoms with Gasteiger partial charge in [-0.2, -0.15) is 5.26 Å². The van der Waals surface area contributed by atoms with Crippen LogP contribution in [0.15, 0.2) is 42.5 Å². The summed E-state index contributed by atoms with van der Waals surface area (Å²) in [6, 6.07) is 15.4. The summed E-state index contributed by atoms with van der Waals surface area (Å²) in [4.78, 5) is 11.4. The number of benzene rings is 2. The maximum Gasteiger partial charge on any atom is 0.137 e. The van der Waals surface area contributed by atoms with E-state index in [1.54, 1.807) is 12.1 Å². The van der Waals surface area contributed by atoms with E-state index in [2.05, 4.69) is 6.07 Å². The van der Waals surface area contributed by atoms with E-state index in [0.29, 0.717) is 30.8 Å². The largest absolute Gasteiger partial charge is 0.489 e. The molecule has 0 spiro atoms. The van der Waals surface area contributed by atoms with Gasteiger partial charge in [0.15, 0.2) is 0 Å². The SMILES string of the molecule is N#Cc1ccc(COc2ccc3c(c2)CCC(=O)C3)cc1. The summed E-state index contributed by atoms with van der Waals surface area (Å²) in [6.07, 6.45) is 1.99. The molecule has 0 fully saturated rings. The highest BCUT2D eigenvalue weighted by molar-refractivity contribution is 5.83. The second-order valence-corrected chi connectivity index (χ2v) is 5.24. The minimum Gasteiger partial charge on any atom is -0.489 e. The van der Waals surface area contributed by atoms with Gasteiger partial charge in [-0.1, -0.05) is 18.2 Å². The number of nitrogens with zero attached hydrogens (tertiary/aromatic N) is 1. The Labute approximate surface area is 123 Å². The molecule has 0 saturated heterocycles. The van der Waals surface area contributed by atoms with Crippen LogP contribution in [0.4, 0.5) is 0 Å². The molecule has 0 bridgehead atoms. The molecule has 0 atom stereocenters. The number of aryl methyl sites for hydroxylation is 1. The third-order valence-electron chi connectivity index (χ3n) is 3.73. The summed E-state index contributed by atoms with van der Waals surface area (Å²) in [5.74, 6) is 1.14. The molecule has 104 valence electrons. The number of Topliss-reactive ketones (excluding diaryl/α,β-unsaturated/α-hetero) is 1. The number of ketones is 1. The second-order valence-electron chi connectivity index (χ2n) is 5.24. The van der Waals surface area contributed by atoms with Crippen LogP contribution < -0.4 is 4.74 Å². The lowest BCUT2D eigenvalue weighted by Crippen LogP contribution is -2.13. The van der Waals surface area contributed by atoms with Crippen molar-refractivity contribution in [3.8, 4) is 11.8 Å². The molecule has 0 amide bonds. The van der Waals surface area contributed by atoms with Gasteiger partial charge >= 0.3 is 0 Å². The zero-order chi connectivity index (χ0) is 14.7. The van der Waals surface area contributed by atoms with Crippen LogP contribution in [0.2, 0.25) is 0 Å². The average molecular weight is 277 g/mol. The van der Waals surface area contributed by atoms with Crippen molar-refractivity contribution in [1.29, 1.82) is 5.26 Å². The molecule has 3 heteroatoms. The van der Waals surface area contributed by atoms with Gasteiger partial charge in [-0.25, -0.2) is 0 Å². The Hall–Kier alpha value is -2.60. The van der Waals surface area contributed by atoms with Crippen molar-refractivity contribution >= 4 is 5.78 Å². The molecule has 1 aliphatic rings. The molecule has 0 unspecified atom stereocenters. The predicted molar refractivity (Wildman–Crippen MR) is 79.0 cm³/mol. The molecule has 2 aromatic carbocycles. The molecule has 1 aliphatic carbocycles. The number of ether oxygens (including phenoxy) is 1. The van der Waals surface area contributed by atoms with E-state index < -0.39 is 0 Å². The van der Waals surface area contributed by atoms with Crippen LogP contribution in [0, 0.1) is 11.3 Å². The van der Waals surface area contributed by atoms with E-state index in [4.69, 9.17) is 10.00 Å². The topological polar surface area (TPSA) is 50.1 Å². The molecule has 0 heterocycles. The number of carbonyl (C=O) groups is 1. The number of hydrogen-bond donors (Lipinski definition) is 0. The molecule has 0 saturated carbocycles. The van der Waals surface area contributed by atoms with Gasteiger partial charge in [-0.15, -0.1) is 0 Å². The van der Waals surface area contributed by atoms with Crippen molar-refractivity contribution in [1.82, 2.24) is 0 Å². The molecular weight excluding hydrogens is 262 g/mol. The molecule has 0 radical (unpaired) electrons. The molecule has 0 aliphatic heterocycles. The fourth-order valence-corrected chi connectivity index (χ4v) is 2.51. The molecule has 21 heavy (non-hydrogen) atoms. The lowest BCUT2D eigenvalue weighted by Gasteiger charge is -2.16. The van der Waals surface area contributed by atoms with Crippen LogP contribution >= 0.6 is 0 Å². The standard InChI is InChI=1S/C18H15NO2/c19-11-13-1-3-14(4-2-13)12-21-18-8-6-15-9-17(20)7-5-16(15)10-18/h1-4,6,8,10H,5,7,9,12H2. The maximum atomic E-state index is 11.4. The van der Waals surface area contributed by atoms with Gasteiger partial charge in [-0.3, -0.25) is 4.79 Å². The second kappa shape index (κ2) is 5.80. The Morgan fingerprint density at radius 1 is 1.05 bits per heavy atom. The summed E-state index contributed by atoms with van der Waals surface area (Å²) in [7, 11) is 0. The highest BCUT2D eigenvalue weighted by Crippen LogP contribution is 2.24. The Balaban J connectivity index is 1.68. The quantitative estimate of drug-likeness (QED) is 0.865. The first-order valence-electron chi connectivity index (χ1n) is 7.00. The van der Waals surface area contributed by atoms with E-state index in [0.717, 1.165) is 23.3 Å². The van der Waals surface area contributed by atoms with Gasteiger partial charge < -0.3 is 4.74 Å². The molecular formula is C18H15NO2. The molecule has 0 N–H and O–H groups in total. The first-order chi connectivity index (χ1) is 10.2. The van der Waals surface area contributed by atoms with Crippen LogP contribution in [-0.2, 0) is 24.2 Å². The van der Waals surface area contributed by atoms with Crippen LogP contribution in [0.25, 0.3) is 0 Å². The van der Waals surface area contributed by atoms with Crippen molar-refractivity contribution in [3.05, 3.63) is 64.7 Å². The summed E-state index contributed by atoms with van der Waals surface area (Å²) in [5.41, 5.74) is 4.02. The zero-order valence-corrected chi connectivity index (χ0v) is 11.6. The first-order valence-corrected chi connectivity index (χ1v) is 7.00. The highest BCUT2D eigenvalue weighted by Gasteiger charge is 2.15. The third kappa shape index (κ3) is 3.11. The van der Waals surface area contributed by atoms with Crippen LogP contribution in [0.5, 0.6) is 5.75 Å². The number of fused-ring (bicyclic) bond motifs is 1. The first kappa shape index (κ1) is 13.4. The van der Waals surface area contributed by atoms with Gasteiger partial charge in [0.2, 0.25) is 0 Å². The van der Waals surface area contributed by atoms with Crippen LogP contribution in [0.3, 0.4) is 0 Å². The lowest BCUT2D eigenvalue weighted by molar-refractivity contribution is -0.118. The maximum absolute atomic E-state index is 11.4. The fraction of sp³-hybridized carbons (Fsp3) is 0.222. The van der Waals surface area contributed by atoms with Crippen molar-refractivity contribution in [2.45, 2.75) is 25.9 Å². The molecule has 2 aromatic rings. The van der Waals surface area contributed by atoms with E-state index >= 15 is 0 Å². The van der Waals surface area contributed by atoms with Gasteiger partial charge in [0.05, 0.1) is 11.6 Å². The third-order valence-corrected chi connectivity index (χ3v) is 3.73. The summed E-state index contributed by atoms with van der Waals surface area (Å²) < 4.78 is 5.79.